The van der Waals surface area contributed by atoms with Gasteiger partial charge in [0, 0.05) is 41.5 Å². The normalized spacial score (nSPS) is 15.1. The third-order valence-electron chi connectivity index (χ3n) is 4.69. The maximum absolute atomic E-state index is 12.1. The molecule has 140 valence electrons. The van der Waals surface area contributed by atoms with Gasteiger partial charge in [-0.2, -0.15) is 0 Å². The average Bonchev–Trinajstić information content (AvgIpc) is 2.68. The second-order valence-corrected chi connectivity index (χ2v) is 7.02. The van der Waals surface area contributed by atoms with Crippen LogP contribution in [-0.2, 0) is 9.59 Å². The number of amides is 2. The Kier molecular flexibility index (Phi) is 6.14. The van der Waals surface area contributed by atoms with E-state index in [1.165, 1.54) is 6.08 Å². The molecule has 3 N–H and O–H groups in total. The van der Waals surface area contributed by atoms with Crippen molar-refractivity contribution in [2.45, 2.75) is 12.8 Å². The summed E-state index contributed by atoms with van der Waals surface area (Å²) < 4.78 is 0. The van der Waals surface area contributed by atoms with Gasteiger partial charge in [-0.15, -0.1) is 0 Å². The number of piperidine rings is 1. The molecular weight excluding hydrogens is 362 g/mol. The molecule has 0 atom stereocenters. The van der Waals surface area contributed by atoms with Crippen LogP contribution in [0.5, 0.6) is 0 Å². The van der Waals surface area contributed by atoms with Gasteiger partial charge < -0.3 is 16.0 Å². The van der Waals surface area contributed by atoms with E-state index in [1.807, 2.05) is 36.4 Å². The van der Waals surface area contributed by atoms with E-state index in [4.69, 9.17) is 17.3 Å². The van der Waals surface area contributed by atoms with Crippen molar-refractivity contribution in [2.24, 2.45) is 11.7 Å². The van der Waals surface area contributed by atoms with Crippen LogP contribution in [0.1, 0.15) is 18.4 Å². The number of primary amides is 1. The number of nitrogens with two attached hydrogens (primary N) is 1. The number of carbonyl (C=O) groups is 2. The van der Waals surface area contributed by atoms with Gasteiger partial charge in [-0.1, -0.05) is 23.7 Å². The quantitative estimate of drug-likeness (QED) is 0.773. The van der Waals surface area contributed by atoms with Crippen molar-refractivity contribution in [1.82, 2.24) is 0 Å². The maximum Gasteiger partial charge on any atom is 0.248 e. The molecule has 27 heavy (non-hydrogen) atoms. The summed E-state index contributed by atoms with van der Waals surface area (Å²) in [5.74, 6) is -0.424. The minimum atomic E-state index is -0.209. The molecule has 6 heteroatoms. The van der Waals surface area contributed by atoms with Crippen LogP contribution in [0.15, 0.2) is 54.6 Å². The first kappa shape index (κ1) is 19.0. The van der Waals surface area contributed by atoms with Crippen LogP contribution in [0.3, 0.4) is 0 Å². The van der Waals surface area contributed by atoms with Crippen LogP contribution in [0.25, 0.3) is 6.08 Å². The van der Waals surface area contributed by atoms with Crippen molar-refractivity contribution in [1.29, 1.82) is 0 Å². The van der Waals surface area contributed by atoms with E-state index in [0.717, 1.165) is 42.9 Å². The fourth-order valence-corrected chi connectivity index (χ4v) is 3.23. The first-order valence-electron chi connectivity index (χ1n) is 8.90. The first-order valence-corrected chi connectivity index (χ1v) is 9.28. The summed E-state index contributed by atoms with van der Waals surface area (Å²) >= 11 is 5.84. The predicted octanol–water partition coefficient (Wildman–Crippen LogP) is 3.69. The second kappa shape index (κ2) is 8.73. The maximum atomic E-state index is 12.1. The van der Waals surface area contributed by atoms with Crippen molar-refractivity contribution in [3.63, 3.8) is 0 Å². The second-order valence-electron chi connectivity index (χ2n) is 6.58. The number of hydrogen-bond acceptors (Lipinski definition) is 3. The molecule has 1 saturated heterocycles. The first-order chi connectivity index (χ1) is 13.0. The van der Waals surface area contributed by atoms with Crippen LogP contribution >= 0.6 is 11.6 Å². The Morgan fingerprint density at radius 2 is 1.67 bits per heavy atom. The average molecular weight is 384 g/mol. The van der Waals surface area contributed by atoms with Gasteiger partial charge in [0.2, 0.25) is 11.8 Å². The van der Waals surface area contributed by atoms with Gasteiger partial charge >= 0.3 is 0 Å². The Morgan fingerprint density at radius 1 is 1.04 bits per heavy atom. The number of anilines is 2. The van der Waals surface area contributed by atoms with E-state index in [-0.39, 0.29) is 17.7 Å². The highest BCUT2D eigenvalue weighted by molar-refractivity contribution is 6.30. The highest BCUT2D eigenvalue weighted by atomic mass is 35.5. The number of carbonyl (C=O) groups excluding carboxylic acids is 2. The Balaban J connectivity index is 1.53. The topological polar surface area (TPSA) is 75.4 Å². The number of benzene rings is 2. The van der Waals surface area contributed by atoms with E-state index < -0.39 is 0 Å². The van der Waals surface area contributed by atoms with Crippen LogP contribution in [0.4, 0.5) is 11.4 Å². The summed E-state index contributed by atoms with van der Waals surface area (Å²) in [5.41, 5.74) is 8.09. The van der Waals surface area contributed by atoms with E-state index in [9.17, 15) is 9.59 Å². The largest absolute Gasteiger partial charge is 0.371 e. The lowest BCUT2D eigenvalue weighted by molar-refractivity contribution is -0.122. The Morgan fingerprint density at radius 3 is 2.26 bits per heavy atom. The number of rotatable bonds is 5. The lowest BCUT2D eigenvalue weighted by Crippen LogP contribution is -2.38. The summed E-state index contributed by atoms with van der Waals surface area (Å²) in [7, 11) is 0. The molecule has 0 aromatic heterocycles. The molecule has 1 heterocycles. The van der Waals surface area contributed by atoms with Gasteiger partial charge in [-0.3, -0.25) is 9.59 Å². The molecule has 0 bridgehead atoms. The minimum Gasteiger partial charge on any atom is -0.371 e. The number of nitrogens with zero attached hydrogens (tertiary/aromatic N) is 1. The van der Waals surface area contributed by atoms with Gasteiger partial charge in [0.05, 0.1) is 0 Å². The highest BCUT2D eigenvalue weighted by Gasteiger charge is 2.23. The molecule has 1 aliphatic rings. The van der Waals surface area contributed by atoms with Crippen LogP contribution < -0.4 is 16.0 Å². The molecule has 0 aliphatic carbocycles. The number of nitrogens with one attached hydrogen (secondary N) is 1. The zero-order chi connectivity index (χ0) is 19.2. The third kappa shape index (κ3) is 5.34. The molecule has 0 saturated carbocycles. The van der Waals surface area contributed by atoms with E-state index in [0.29, 0.717) is 5.02 Å². The summed E-state index contributed by atoms with van der Waals surface area (Å²) in [6.07, 6.45) is 4.79. The molecule has 1 fully saturated rings. The predicted molar refractivity (Wildman–Crippen MR) is 110 cm³/mol. The monoisotopic (exact) mass is 383 g/mol. The Bertz CT molecular complexity index is 824. The van der Waals surface area contributed by atoms with Gasteiger partial charge in [0.15, 0.2) is 0 Å². The lowest BCUT2D eigenvalue weighted by Gasteiger charge is -2.32. The number of halogens is 1. The van der Waals surface area contributed by atoms with Gasteiger partial charge in [0.25, 0.3) is 0 Å². The molecule has 3 rings (SSSR count). The Labute approximate surface area is 163 Å². The number of hydrogen-bond donors (Lipinski definition) is 2. The van der Waals surface area contributed by atoms with Crippen LogP contribution in [-0.4, -0.2) is 24.9 Å². The molecule has 2 aromatic carbocycles. The van der Waals surface area contributed by atoms with Crippen molar-refractivity contribution >= 4 is 40.9 Å². The zero-order valence-corrected chi connectivity index (χ0v) is 15.7. The van der Waals surface area contributed by atoms with Crippen LogP contribution in [0.2, 0.25) is 5.02 Å². The summed E-state index contributed by atoms with van der Waals surface area (Å²) in [5, 5.41) is 3.51. The smallest absolute Gasteiger partial charge is 0.248 e. The van der Waals surface area contributed by atoms with Crippen LogP contribution in [0, 0.1) is 5.92 Å². The summed E-state index contributed by atoms with van der Waals surface area (Å²) in [6.45, 7) is 1.62. The minimum absolute atomic E-state index is 0.0211. The highest BCUT2D eigenvalue weighted by Crippen LogP contribution is 2.24. The van der Waals surface area contributed by atoms with Crippen molar-refractivity contribution in [3.05, 3.63) is 65.2 Å². The lowest BCUT2D eigenvalue weighted by atomic mass is 9.96. The molecule has 0 unspecified atom stereocenters. The van der Waals surface area contributed by atoms with Crippen molar-refractivity contribution in [3.8, 4) is 0 Å². The third-order valence-corrected chi connectivity index (χ3v) is 4.95. The van der Waals surface area contributed by atoms with E-state index in [2.05, 4.69) is 10.2 Å². The molecule has 1 aliphatic heterocycles. The van der Waals surface area contributed by atoms with E-state index in [1.54, 1.807) is 18.2 Å². The van der Waals surface area contributed by atoms with Gasteiger partial charge in [-0.25, -0.2) is 0 Å². The summed E-state index contributed by atoms with van der Waals surface area (Å²) in [6, 6.07) is 15.0. The molecule has 0 radical (unpaired) electrons. The zero-order valence-electron chi connectivity index (χ0n) is 14.9. The molecule has 2 aromatic rings. The fourth-order valence-electron chi connectivity index (χ4n) is 3.11. The van der Waals surface area contributed by atoms with Gasteiger partial charge in [-0.05, 0) is 60.9 Å². The Hall–Kier alpha value is -2.79. The van der Waals surface area contributed by atoms with Gasteiger partial charge in [0.1, 0.15) is 0 Å². The molecule has 5 nitrogen and oxygen atoms in total. The van der Waals surface area contributed by atoms with Crippen molar-refractivity contribution in [2.75, 3.05) is 23.3 Å². The van der Waals surface area contributed by atoms with E-state index >= 15 is 0 Å². The van der Waals surface area contributed by atoms with Crippen molar-refractivity contribution < 1.29 is 9.59 Å². The fraction of sp³-hybridized carbons (Fsp3) is 0.238. The molecule has 2 amide bonds. The molecular formula is C21H22ClN3O2. The molecule has 0 spiro atoms. The summed E-state index contributed by atoms with van der Waals surface area (Å²) in [4.78, 5) is 25.5. The SMILES string of the molecule is NC(=O)C1CCN(c2ccc(NC(=O)/C=C/c3ccc(Cl)cc3)cc2)CC1. The standard InChI is InChI=1S/C21H22ClN3O2/c22-17-4-1-15(2-5-17)3-10-20(26)24-18-6-8-19(9-7-18)25-13-11-16(12-14-25)21(23)27/h1-10,16H,11-14H2,(H2,23,27)(H,24,26)/b10-3+.